The van der Waals surface area contributed by atoms with E-state index in [9.17, 15) is 72.9 Å². The maximum atomic E-state index is 14.4. The lowest BCUT2D eigenvalue weighted by atomic mass is 9.96. The van der Waals surface area contributed by atoms with Gasteiger partial charge in [-0.15, -0.1) is 0 Å². The van der Waals surface area contributed by atoms with Gasteiger partial charge in [0.1, 0.15) is 42.3 Å². The molecule has 0 bridgehead atoms. The molecule has 73 heavy (non-hydrogen) atoms. The topological polar surface area (TPSA) is 495 Å². The Kier molecular flexibility index (Phi) is 27.4. The predicted molar refractivity (Wildman–Crippen MR) is 259 cm³/mol. The van der Waals surface area contributed by atoms with Crippen LogP contribution >= 0.6 is 0 Å². The van der Waals surface area contributed by atoms with Crippen LogP contribution in [0.15, 0.2) is 4.99 Å². The molecule has 0 aromatic carbocycles. The molecule has 1 rings (SSSR count). The van der Waals surface area contributed by atoms with E-state index in [1.54, 1.807) is 27.7 Å². The summed E-state index contributed by atoms with van der Waals surface area (Å²) in [5.74, 6) is -13.5. The smallest absolute Gasteiger partial charge is 0.328 e. The first-order chi connectivity index (χ1) is 34.0. The lowest BCUT2D eigenvalue weighted by molar-refractivity contribution is -0.146. The van der Waals surface area contributed by atoms with E-state index in [1.165, 1.54) is 11.8 Å². The van der Waals surface area contributed by atoms with Crippen molar-refractivity contribution < 1.29 is 72.9 Å². The Morgan fingerprint density at radius 1 is 0.630 bits per heavy atom. The Bertz CT molecular complexity index is 2010. The Balaban J connectivity index is 3.51. The maximum Gasteiger partial charge on any atom is 0.328 e. The fourth-order valence-corrected chi connectivity index (χ4v) is 7.43. The summed E-state index contributed by atoms with van der Waals surface area (Å²) in [4.78, 5) is 162. The average molecular weight is 1040 g/mol. The minimum Gasteiger partial charge on any atom is -0.481 e. The lowest BCUT2D eigenvalue weighted by Crippen LogP contribution is -2.61. The Morgan fingerprint density at radius 3 is 1.62 bits per heavy atom. The van der Waals surface area contributed by atoms with Crippen LogP contribution in [-0.2, 0) is 57.5 Å². The number of aliphatic hydroxyl groups excluding tert-OH is 1. The number of aliphatic imine (C=N–C) groups is 1. The number of primary amides is 2. The second-order valence-corrected chi connectivity index (χ2v) is 18.4. The van der Waals surface area contributed by atoms with E-state index < -0.39 is 157 Å². The molecule has 0 spiro atoms. The van der Waals surface area contributed by atoms with Crippen molar-refractivity contribution in [3.63, 3.8) is 0 Å². The number of nitrogens with two attached hydrogens (primary N) is 5. The van der Waals surface area contributed by atoms with Crippen molar-refractivity contribution >= 4 is 77.0 Å². The molecule has 412 valence electrons. The Morgan fingerprint density at radius 2 is 1.12 bits per heavy atom. The molecular formula is C44H76N14O15. The number of rotatable bonds is 33. The number of aliphatic carboxylic acids is 2. The van der Waals surface area contributed by atoms with Crippen LogP contribution in [0, 0.1) is 11.8 Å². The maximum absolute atomic E-state index is 14.4. The Labute approximate surface area is 422 Å². The zero-order valence-electron chi connectivity index (χ0n) is 42.1. The van der Waals surface area contributed by atoms with E-state index in [2.05, 4.69) is 42.2 Å². The second kappa shape index (κ2) is 31.3. The molecule has 0 aromatic heterocycles. The quantitative estimate of drug-likeness (QED) is 0.0165. The number of carboxylic acid groups (broad SMARTS) is 2. The molecule has 29 nitrogen and oxygen atoms in total. The zero-order chi connectivity index (χ0) is 55.9. The van der Waals surface area contributed by atoms with Gasteiger partial charge in [0.05, 0.1) is 18.6 Å². The Hall–Kier alpha value is -7.17. The molecule has 1 fully saturated rings. The van der Waals surface area contributed by atoms with Gasteiger partial charge in [-0.2, -0.15) is 0 Å². The molecule has 0 saturated carbocycles. The molecule has 10 amide bonds. The van der Waals surface area contributed by atoms with E-state index in [0.29, 0.717) is 6.42 Å². The van der Waals surface area contributed by atoms with Gasteiger partial charge in [0.25, 0.3) is 0 Å². The monoisotopic (exact) mass is 1040 g/mol. The van der Waals surface area contributed by atoms with Gasteiger partial charge in [-0.05, 0) is 70.6 Å². The summed E-state index contributed by atoms with van der Waals surface area (Å²) in [5.41, 5.74) is 27.0. The lowest BCUT2D eigenvalue weighted by Gasteiger charge is -2.33. The molecule has 0 aliphatic carbocycles. The fraction of sp³-hybridized carbons (Fsp3) is 0.705. The first-order valence-corrected chi connectivity index (χ1v) is 23.9. The predicted octanol–water partition coefficient (Wildman–Crippen LogP) is -5.66. The van der Waals surface area contributed by atoms with Crippen LogP contribution < -0.4 is 65.9 Å². The number of likely N-dealkylation sites (tertiary alicyclic amines) is 1. The summed E-state index contributed by atoms with van der Waals surface area (Å²) in [7, 11) is 0. The summed E-state index contributed by atoms with van der Waals surface area (Å²) in [6.07, 6.45) is -3.58. The zero-order valence-corrected chi connectivity index (χ0v) is 42.1. The summed E-state index contributed by atoms with van der Waals surface area (Å²) >= 11 is 0. The van der Waals surface area contributed by atoms with Crippen LogP contribution in [-0.4, -0.2) is 171 Å². The molecule has 1 aliphatic heterocycles. The van der Waals surface area contributed by atoms with E-state index in [4.69, 9.17) is 28.7 Å². The molecule has 11 atom stereocenters. The van der Waals surface area contributed by atoms with Crippen molar-refractivity contribution in [2.45, 2.75) is 173 Å². The number of aliphatic hydroxyl groups is 1. The molecule has 29 heteroatoms. The third kappa shape index (κ3) is 22.9. The molecule has 1 saturated heterocycles. The summed E-state index contributed by atoms with van der Waals surface area (Å²) in [5, 5.41) is 46.0. The number of carboxylic acids is 2. The van der Waals surface area contributed by atoms with Crippen molar-refractivity contribution in [3.8, 4) is 0 Å². The average Bonchev–Trinajstić information content (AvgIpc) is 3.79. The standard InChI is InChI=1S/C44H76N14O15/c1-7-21(4)33(42(71)58-17-9-11-29(58)41(70)53-24(10-8-16-50-44(48)49)37(66)57-34(23(6)59)43(72)73)56-38(67)26(13-15-32(62)63)52-39(68)27(18-20(2)3)54-40(69)28(19-31(47)61)55-36(65)25(12-14-30(46)60)51-35(64)22(5)45/h20-29,33-34,59H,7-19,45H2,1-6H3,(H2,46,60)(H2,47,61)(H,51,64)(H,52,68)(H,53,70)(H,54,69)(H,55,65)(H,56,67)(H,57,66)(H,62,63)(H,72,73)(H4,48,49,50)/t21-,22-,23+,24-,25-,26-,27-,28-,29-,33-,34-/m0/s1. The normalized spacial score (nSPS) is 17.3. The summed E-state index contributed by atoms with van der Waals surface area (Å²) < 4.78 is 0. The van der Waals surface area contributed by atoms with E-state index in [0.717, 1.165) is 6.92 Å². The van der Waals surface area contributed by atoms with Gasteiger partial charge < -0.3 is 86.1 Å². The third-order valence-corrected chi connectivity index (χ3v) is 11.6. The summed E-state index contributed by atoms with van der Waals surface area (Å²) in [6.45, 7) is 9.21. The van der Waals surface area contributed by atoms with Gasteiger partial charge in [0.15, 0.2) is 12.0 Å². The first kappa shape index (κ1) is 63.8. The number of nitrogens with one attached hydrogen (secondary N) is 7. The molecule has 0 unspecified atom stereocenters. The van der Waals surface area contributed by atoms with Crippen molar-refractivity contribution in [3.05, 3.63) is 0 Å². The number of hydrogen-bond donors (Lipinski definition) is 15. The third-order valence-electron chi connectivity index (χ3n) is 11.6. The number of carbonyl (C=O) groups excluding carboxylic acids is 10. The molecule has 1 heterocycles. The van der Waals surface area contributed by atoms with Crippen LogP contribution in [0.3, 0.4) is 0 Å². The number of nitrogens with zero attached hydrogens (tertiary/aromatic N) is 2. The molecular weight excluding hydrogens is 965 g/mol. The van der Waals surface area contributed by atoms with Gasteiger partial charge in [0, 0.05) is 25.9 Å². The van der Waals surface area contributed by atoms with Crippen LogP contribution in [0.4, 0.5) is 0 Å². The highest BCUT2D eigenvalue weighted by Crippen LogP contribution is 2.22. The van der Waals surface area contributed by atoms with Gasteiger partial charge in [-0.3, -0.25) is 57.7 Å². The SMILES string of the molecule is CC[C@H](C)[C@H](NC(=O)[C@H](CCC(=O)O)NC(=O)[C@H](CC(C)C)NC(=O)[C@H](CC(N)=O)NC(=O)[C@H](CCC(N)=O)NC(=O)[C@H](C)N)C(=O)N1CCC[C@H]1C(=O)N[C@@H](CCCN=C(N)N)C(=O)N[C@H](C(=O)O)[C@@H](C)O. The largest absolute Gasteiger partial charge is 0.481 e. The van der Waals surface area contributed by atoms with E-state index >= 15 is 0 Å². The first-order valence-electron chi connectivity index (χ1n) is 23.9. The van der Waals surface area contributed by atoms with Gasteiger partial charge in [0.2, 0.25) is 59.1 Å². The minimum atomic E-state index is -1.75. The van der Waals surface area contributed by atoms with Gasteiger partial charge in [-0.25, -0.2) is 4.79 Å². The van der Waals surface area contributed by atoms with Gasteiger partial charge >= 0.3 is 11.9 Å². The fourth-order valence-electron chi connectivity index (χ4n) is 7.43. The highest BCUT2D eigenvalue weighted by molar-refractivity contribution is 5.99. The molecule has 0 radical (unpaired) electrons. The minimum absolute atomic E-state index is 0.0206. The highest BCUT2D eigenvalue weighted by Gasteiger charge is 2.42. The number of guanidine groups is 1. The summed E-state index contributed by atoms with van der Waals surface area (Å²) in [6, 6.07) is -13.1. The van der Waals surface area contributed by atoms with Crippen molar-refractivity contribution in [1.82, 2.24) is 42.1 Å². The van der Waals surface area contributed by atoms with Crippen molar-refractivity contribution in [2.24, 2.45) is 45.5 Å². The number of carbonyl (C=O) groups is 12. The van der Waals surface area contributed by atoms with Crippen LogP contribution in [0.1, 0.15) is 112 Å². The second-order valence-electron chi connectivity index (χ2n) is 18.4. The van der Waals surface area contributed by atoms with E-state index in [-0.39, 0.29) is 69.9 Å². The van der Waals surface area contributed by atoms with E-state index in [1.807, 2.05) is 0 Å². The van der Waals surface area contributed by atoms with Crippen molar-refractivity contribution in [2.75, 3.05) is 13.1 Å². The van der Waals surface area contributed by atoms with Crippen LogP contribution in [0.5, 0.6) is 0 Å². The number of amides is 10. The van der Waals surface area contributed by atoms with Crippen molar-refractivity contribution in [1.29, 1.82) is 0 Å². The van der Waals surface area contributed by atoms with Crippen LogP contribution in [0.25, 0.3) is 0 Å². The van der Waals surface area contributed by atoms with Gasteiger partial charge in [-0.1, -0.05) is 34.1 Å². The molecule has 1 aliphatic rings. The highest BCUT2D eigenvalue weighted by atomic mass is 16.4. The van der Waals surface area contributed by atoms with Crippen LogP contribution in [0.2, 0.25) is 0 Å². The molecule has 0 aromatic rings. The molecule has 20 N–H and O–H groups in total. The number of hydrogen-bond acceptors (Lipinski definition) is 15.